The molecule has 0 N–H and O–H groups in total. The van der Waals surface area contributed by atoms with Crippen LogP contribution in [0.2, 0.25) is 0 Å². The maximum absolute atomic E-state index is 10.6. The molecule has 2 rings (SSSR count). The zero-order chi connectivity index (χ0) is 7.73. The van der Waals surface area contributed by atoms with Gasteiger partial charge in [-0.15, -0.1) is 5.10 Å². The molecular weight excluding hydrogens is 160 g/mol. The highest BCUT2D eigenvalue weighted by atomic mass is 32.1. The second-order valence-electron chi connectivity index (χ2n) is 3.04. The number of aldehydes is 1. The fourth-order valence-corrected chi connectivity index (χ4v) is 1.75. The summed E-state index contributed by atoms with van der Waals surface area (Å²) in [6, 6.07) is 0. The molecule has 0 spiro atoms. The van der Waals surface area contributed by atoms with Crippen molar-refractivity contribution in [2.24, 2.45) is 5.41 Å². The van der Waals surface area contributed by atoms with E-state index in [4.69, 9.17) is 0 Å². The minimum absolute atomic E-state index is 0.0335. The van der Waals surface area contributed by atoms with Crippen LogP contribution < -0.4 is 0 Å². The fourth-order valence-electron chi connectivity index (χ4n) is 1.11. The molecule has 0 aliphatic heterocycles. The van der Waals surface area contributed by atoms with E-state index in [0.717, 1.165) is 30.4 Å². The van der Waals surface area contributed by atoms with E-state index < -0.39 is 0 Å². The first-order valence-corrected chi connectivity index (χ1v) is 4.35. The van der Waals surface area contributed by atoms with Gasteiger partial charge in [-0.25, -0.2) is 0 Å². The van der Waals surface area contributed by atoms with Gasteiger partial charge in [-0.3, -0.25) is 0 Å². The average molecular weight is 168 g/mol. The van der Waals surface area contributed by atoms with Gasteiger partial charge < -0.3 is 4.79 Å². The molecule has 0 aromatic carbocycles. The molecule has 0 bridgehead atoms. The lowest BCUT2D eigenvalue weighted by Gasteiger charge is -2.00. The maximum Gasteiger partial charge on any atom is 0.126 e. The number of nitrogens with zero attached hydrogens (tertiary/aromatic N) is 2. The first-order valence-electron chi connectivity index (χ1n) is 3.57. The summed E-state index contributed by atoms with van der Waals surface area (Å²) in [6.45, 7) is 0. The highest BCUT2D eigenvalue weighted by molar-refractivity contribution is 7.05. The largest absolute Gasteiger partial charge is 0.303 e. The van der Waals surface area contributed by atoms with Gasteiger partial charge in [0.1, 0.15) is 6.29 Å². The van der Waals surface area contributed by atoms with Gasteiger partial charge in [0.25, 0.3) is 0 Å². The lowest BCUT2D eigenvalue weighted by molar-refractivity contribution is -0.112. The van der Waals surface area contributed by atoms with Crippen molar-refractivity contribution in [1.82, 2.24) is 9.59 Å². The number of hydrogen-bond donors (Lipinski definition) is 0. The smallest absolute Gasteiger partial charge is 0.126 e. The van der Waals surface area contributed by atoms with E-state index in [1.807, 2.05) is 0 Å². The van der Waals surface area contributed by atoms with Crippen LogP contribution in [0.15, 0.2) is 6.20 Å². The van der Waals surface area contributed by atoms with Gasteiger partial charge in [-0.2, -0.15) is 0 Å². The molecule has 1 saturated carbocycles. The Morgan fingerprint density at radius 3 is 3.00 bits per heavy atom. The SMILES string of the molecule is O=CC1(Cc2cnns2)CC1. The van der Waals surface area contributed by atoms with Crippen LogP contribution >= 0.6 is 11.5 Å². The molecule has 0 atom stereocenters. The Bertz CT molecular complexity index is 253. The molecule has 1 aliphatic rings. The number of hydrogen-bond acceptors (Lipinski definition) is 4. The Labute approximate surface area is 68.6 Å². The van der Waals surface area contributed by atoms with Crippen molar-refractivity contribution in [3.8, 4) is 0 Å². The van der Waals surface area contributed by atoms with Gasteiger partial charge >= 0.3 is 0 Å². The Morgan fingerprint density at radius 1 is 1.73 bits per heavy atom. The monoisotopic (exact) mass is 168 g/mol. The van der Waals surface area contributed by atoms with Crippen molar-refractivity contribution in [3.63, 3.8) is 0 Å². The number of rotatable bonds is 3. The van der Waals surface area contributed by atoms with Crippen LogP contribution in [0, 0.1) is 5.41 Å². The summed E-state index contributed by atoms with van der Waals surface area (Å²) in [4.78, 5) is 11.7. The minimum atomic E-state index is -0.0335. The van der Waals surface area contributed by atoms with Crippen molar-refractivity contribution >= 4 is 17.8 Å². The predicted molar refractivity (Wildman–Crippen MR) is 41.3 cm³/mol. The molecule has 1 aromatic rings. The third kappa shape index (κ3) is 1.30. The highest BCUT2D eigenvalue weighted by Gasteiger charge is 2.42. The van der Waals surface area contributed by atoms with Crippen LogP contribution in [0.5, 0.6) is 0 Å². The second kappa shape index (κ2) is 2.37. The topological polar surface area (TPSA) is 42.9 Å². The molecule has 1 fully saturated rings. The maximum atomic E-state index is 10.6. The molecule has 1 aromatic heterocycles. The van der Waals surface area contributed by atoms with Crippen LogP contribution in [0.25, 0.3) is 0 Å². The van der Waals surface area contributed by atoms with Crippen molar-refractivity contribution in [2.75, 3.05) is 0 Å². The summed E-state index contributed by atoms with van der Waals surface area (Å²) in [5.41, 5.74) is -0.0335. The molecule has 11 heavy (non-hydrogen) atoms. The number of carbonyl (C=O) groups is 1. The molecule has 0 unspecified atom stereocenters. The first kappa shape index (κ1) is 6.91. The van der Waals surface area contributed by atoms with Gasteiger partial charge in [0.2, 0.25) is 0 Å². The molecule has 58 valence electrons. The normalized spacial score (nSPS) is 19.6. The number of aromatic nitrogens is 2. The zero-order valence-corrected chi connectivity index (χ0v) is 6.80. The van der Waals surface area contributed by atoms with Gasteiger partial charge in [0, 0.05) is 10.3 Å². The molecule has 0 radical (unpaired) electrons. The summed E-state index contributed by atoms with van der Waals surface area (Å²) >= 11 is 1.39. The molecule has 1 heterocycles. The van der Waals surface area contributed by atoms with Crippen molar-refractivity contribution in [3.05, 3.63) is 11.1 Å². The van der Waals surface area contributed by atoms with E-state index in [2.05, 4.69) is 9.59 Å². The lowest BCUT2D eigenvalue weighted by atomic mass is 10.0. The highest BCUT2D eigenvalue weighted by Crippen LogP contribution is 2.46. The minimum Gasteiger partial charge on any atom is -0.303 e. The van der Waals surface area contributed by atoms with E-state index in [9.17, 15) is 4.79 Å². The van der Waals surface area contributed by atoms with Gasteiger partial charge in [0.15, 0.2) is 0 Å². The second-order valence-corrected chi connectivity index (χ2v) is 3.91. The Hall–Kier alpha value is -0.770. The number of carbonyl (C=O) groups excluding carboxylic acids is 1. The van der Waals surface area contributed by atoms with Gasteiger partial charge in [-0.05, 0) is 30.8 Å². The Kier molecular flexibility index (Phi) is 1.49. The summed E-state index contributed by atoms with van der Waals surface area (Å²) in [6.07, 6.45) is 5.73. The van der Waals surface area contributed by atoms with Gasteiger partial charge in [0.05, 0.1) is 6.20 Å². The van der Waals surface area contributed by atoms with Crippen LogP contribution in [-0.2, 0) is 11.2 Å². The third-order valence-electron chi connectivity index (χ3n) is 2.08. The molecule has 0 amide bonds. The zero-order valence-electron chi connectivity index (χ0n) is 5.99. The Balaban J connectivity index is 2.06. The van der Waals surface area contributed by atoms with E-state index in [0.29, 0.717) is 0 Å². The van der Waals surface area contributed by atoms with E-state index in [1.165, 1.54) is 11.5 Å². The van der Waals surface area contributed by atoms with Crippen LogP contribution in [0.3, 0.4) is 0 Å². The fraction of sp³-hybridized carbons (Fsp3) is 0.571. The summed E-state index contributed by atoms with van der Waals surface area (Å²) < 4.78 is 3.74. The van der Waals surface area contributed by atoms with E-state index in [1.54, 1.807) is 6.20 Å². The van der Waals surface area contributed by atoms with Gasteiger partial charge in [-0.1, -0.05) is 4.49 Å². The quantitative estimate of drug-likeness (QED) is 0.634. The summed E-state index contributed by atoms with van der Waals surface area (Å²) in [5, 5.41) is 3.72. The van der Waals surface area contributed by atoms with E-state index in [-0.39, 0.29) is 5.41 Å². The van der Waals surface area contributed by atoms with Crippen molar-refractivity contribution in [2.45, 2.75) is 19.3 Å². The van der Waals surface area contributed by atoms with Crippen LogP contribution in [0.4, 0.5) is 0 Å². The standard InChI is InChI=1S/C7H8N2OS/c10-5-7(1-2-7)3-6-4-8-9-11-6/h4-5H,1-3H2. The predicted octanol–water partition coefficient (Wildman–Crippen LogP) is 1.06. The van der Waals surface area contributed by atoms with Crippen LogP contribution in [0.1, 0.15) is 17.7 Å². The van der Waals surface area contributed by atoms with Crippen LogP contribution in [-0.4, -0.2) is 15.9 Å². The lowest BCUT2D eigenvalue weighted by Crippen LogP contribution is -2.04. The van der Waals surface area contributed by atoms with Crippen molar-refractivity contribution in [1.29, 1.82) is 0 Å². The molecule has 3 nitrogen and oxygen atoms in total. The van der Waals surface area contributed by atoms with Crippen molar-refractivity contribution < 1.29 is 4.79 Å². The Morgan fingerprint density at radius 2 is 2.55 bits per heavy atom. The first-order chi connectivity index (χ1) is 5.35. The molecule has 4 heteroatoms. The average Bonchev–Trinajstić information content (AvgIpc) is 2.59. The summed E-state index contributed by atoms with van der Waals surface area (Å²) in [7, 11) is 0. The molecule has 0 saturated heterocycles. The molecule has 1 aliphatic carbocycles. The molecular formula is C7H8N2OS. The third-order valence-corrected chi connectivity index (χ3v) is 2.74. The summed E-state index contributed by atoms with van der Waals surface area (Å²) in [5.74, 6) is 0. The van der Waals surface area contributed by atoms with E-state index >= 15 is 0 Å².